The molecule has 1 atom stereocenters. The predicted molar refractivity (Wildman–Crippen MR) is 107 cm³/mol. The van der Waals surface area contributed by atoms with Crippen LogP contribution in [0.1, 0.15) is 66.8 Å². The number of rotatable bonds is 6. The van der Waals surface area contributed by atoms with E-state index < -0.39 is 0 Å². The highest BCUT2D eigenvalue weighted by Crippen LogP contribution is 2.27. The summed E-state index contributed by atoms with van der Waals surface area (Å²) in [6.45, 7) is 8.48. The van der Waals surface area contributed by atoms with Crippen LogP contribution >= 0.6 is 0 Å². The number of aryl methyl sites for hydroxylation is 2. The number of nitrogens with one attached hydrogen (secondary N) is 1. The van der Waals surface area contributed by atoms with E-state index in [1.54, 1.807) is 0 Å². The highest BCUT2D eigenvalue weighted by Gasteiger charge is 2.21. The molecule has 3 rings (SSSR count). The van der Waals surface area contributed by atoms with Crippen molar-refractivity contribution in [3.8, 4) is 0 Å². The van der Waals surface area contributed by atoms with Gasteiger partial charge in [0, 0.05) is 11.9 Å². The Balaban J connectivity index is 2.04. The van der Waals surface area contributed by atoms with Gasteiger partial charge in [0.2, 0.25) is 0 Å². The van der Waals surface area contributed by atoms with Crippen LogP contribution in [0.3, 0.4) is 0 Å². The first-order chi connectivity index (χ1) is 12.6. The predicted octanol–water partition coefficient (Wildman–Crippen LogP) is 5.36. The van der Waals surface area contributed by atoms with Gasteiger partial charge in [-0.15, -0.1) is 0 Å². The summed E-state index contributed by atoms with van der Waals surface area (Å²) in [7, 11) is 0. The molecule has 2 heterocycles. The zero-order chi connectivity index (χ0) is 18.7. The Bertz CT molecular complexity index is 926. The Hall–Kier alpha value is -2.62. The lowest BCUT2D eigenvalue weighted by molar-refractivity contribution is 0.102. The SMILES string of the molecule is CCCc1nc2c(C)cccn2c1C(=O)Nc1ccccc1C(C)CC. The summed E-state index contributed by atoms with van der Waals surface area (Å²) in [5, 5.41) is 3.14. The van der Waals surface area contributed by atoms with E-state index in [2.05, 4.69) is 32.2 Å². The van der Waals surface area contributed by atoms with Crippen molar-refractivity contribution < 1.29 is 4.79 Å². The average Bonchev–Trinajstić information content (AvgIpc) is 3.01. The number of amides is 1. The van der Waals surface area contributed by atoms with Gasteiger partial charge in [-0.2, -0.15) is 0 Å². The van der Waals surface area contributed by atoms with Crippen molar-refractivity contribution >= 4 is 17.2 Å². The van der Waals surface area contributed by atoms with Gasteiger partial charge < -0.3 is 5.32 Å². The van der Waals surface area contributed by atoms with Crippen LogP contribution in [0.4, 0.5) is 5.69 Å². The number of pyridine rings is 1. The van der Waals surface area contributed by atoms with E-state index in [0.29, 0.717) is 11.6 Å². The number of aromatic nitrogens is 2. The van der Waals surface area contributed by atoms with Crippen molar-refractivity contribution in [2.75, 3.05) is 5.32 Å². The highest BCUT2D eigenvalue weighted by atomic mass is 16.2. The van der Waals surface area contributed by atoms with E-state index in [1.807, 2.05) is 47.9 Å². The molecule has 0 saturated heterocycles. The van der Waals surface area contributed by atoms with Gasteiger partial charge in [-0.1, -0.05) is 51.5 Å². The van der Waals surface area contributed by atoms with Crippen LogP contribution in [0.2, 0.25) is 0 Å². The highest BCUT2D eigenvalue weighted by molar-refractivity contribution is 6.05. The third-order valence-electron chi connectivity index (χ3n) is 4.97. The van der Waals surface area contributed by atoms with E-state index in [9.17, 15) is 4.79 Å². The van der Waals surface area contributed by atoms with Gasteiger partial charge in [-0.05, 0) is 48.9 Å². The number of imidazole rings is 1. The molecule has 4 nitrogen and oxygen atoms in total. The van der Waals surface area contributed by atoms with Crippen molar-refractivity contribution in [1.82, 2.24) is 9.38 Å². The van der Waals surface area contributed by atoms with Crippen molar-refractivity contribution in [1.29, 1.82) is 0 Å². The normalized spacial score (nSPS) is 12.3. The Morgan fingerprint density at radius 2 is 1.96 bits per heavy atom. The van der Waals surface area contributed by atoms with Gasteiger partial charge >= 0.3 is 0 Å². The maximum absolute atomic E-state index is 13.2. The van der Waals surface area contributed by atoms with E-state index in [-0.39, 0.29) is 5.91 Å². The van der Waals surface area contributed by atoms with Crippen LogP contribution in [-0.4, -0.2) is 15.3 Å². The maximum atomic E-state index is 13.2. The summed E-state index contributed by atoms with van der Waals surface area (Å²) in [5.41, 5.74) is 5.49. The van der Waals surface area contributed by atoms with Gasteiger partial charge in [-0.25, -0.2) is 4.98 Å². The average molecular weight is 349 g/mol. The molecular formula is C22H27N3O. The Morgan fingerprint density at radius 3 is 2.69 bits per heavy atom. The first-order valence-electron chi connectivity index (χ1n) is 9.43. The van der Waals surface area contributed by atoms with Crippen molar-refractivity contribution in [3.05, 3.63) is 65.1 Å². The summed E-state index contributed by atoms with van der Waals surface area (Å²) >= 11 is 0. The molecule has 0 aliphatic heterocycles. The zero-order valence-electron chi connectivity index (χ0n) is 16.0. The lowest BCUT2D eigenvalue weighted by Gasteiger charge is -2.16. The molecule has 0 bridgehead atoms. The van der Waals surface area contributed by atoms with Crippen LogP contribution < -0.4 is 5.32 Å². The second kappa shape index (κ2) is 7.73. The molecular weight excluding hydrogens is 322 g/mol. The number of anilines is 1. The number of hydrogen-bond acceptors (Lipinski definition) is 2. The third kappa shape index (κ3) is 3.36. The fraction of sp³-hybridized carbons (Fsp3) is 0.364. The summed E-state index contributed by atoms with van der Waals surface area (Å²) in [6.07, 6.45) is 4.69. The lowest BCUT2D eigenvalue weighted by Crippen LogP contribution is -2.18. The number of hydrogen-bond donors (Lipinski definition) is 1. The van der Waals surface area contributed by atoms with Crippen molar-refractivity contribution in [3.63, 3.8) is 0 Å². The number of nitrogens with zero attached hydrogens (tertiary/aromatic N) is 2. The molecule has 136 valence electrons. The van der Waals surface area contributed by atoms with Crippen LogP contribution in [0, 0.1) is 6.92 Å². The molecule has 1 unspecified atom stereocenters. The minimum absolute atomic E-state index is 0.0951. The zero-order valence-corrected chi connectivity index (χ0v) is 16.0. The molecule has 0 radical (unpaired) electrons. The minimum Gasteiger partial charge on any atom is -0.320 e. The molecule has 0 aliphatic rings. The van der Waals surface area contributed by atoms with Crippen molar-refractivity contribution in [2.45, 2.75) is 52.9 Å². The summed E-state index contributed by atoms with van der Waals surface area (Å²) in [5.74, 6) is 0.299. The van der Waals surface area contributed by atoms with Crippen LogP contribution in [0.5, 0.6) is 0 Å². The minimum atomic E-state index is -0.0951. The molecule has 0 aliphatic carbocycles. The monoisotopic (exact) mass is 349 g/mol. The van der Waals surface area contributed by atoms with Crippen molar-refractivity contribution in [2.24, 2.45) is 0 Å². The number of carbonyl (C=O) groups excluding carboxylic acids is 1. The Morgan fingerprint density at radius 1 is 1.19 bits per heavy atom. The van der Waals surface area contributed by atoms with Gasteiger partial charge in [-0.3, -0.25) is 9.20 Å². The lowest BCUT2D eigenvalue weighted by atomic mass is 9.97. The molecule has 26 heavy (non-hydrogen) atoms. The summed E-state index contributed by atoms with van der Waals surface area (Å²) < 4.78 is 1.92. The molecule has 3 aromatic rings. The molecule has 2 aromatic heterocycles. The fourth-order valence-corrected chi connectivity index (χ4v) is 3.34. The molecule has 4 heteroatoms. The molecule has 0 spiro atoms. The van der Waals surface area contributed by atoms with Gasteiger partial charge in [0.1, 0.15) is 11.3 Å². The van der Waals surface area contributed by atoms with Gasteiger partial charge in [0.05, 0.1) is 5.69 Å². The molecule has 1 aromatic carbocycles. The quantitative estimate of drug-likeness (QED) is 0.651. The number of fused-ring (bicyclic) bond motifs is 1. The van der Waals surface area contributed by atoms with Gasteiger partial charge in [0.15, 0.2) is 0 Å². The molecule has 1 N–H and O–H groups in total. The maximum Gasteiger partial charge on any atom is 0.274 e. The van der Waals surface area contributed by atoms with E-state index >= 15 is 0 Å². The second-order valence-electron chi connectivity index (χ2n) is 6.89. The first kappa shape index (κ1) is 18.2. The van der Waals surface area contributed by atoms with E-state index in [4.69, 9.17) is 4.98 Å². The molecule has 0 saturated carbocycles. The number of carbonyl (C=O) groups is 1. The third-order valence-corrected chi connectivity index (χ3v) is 4.97. The molecule has 1 amide bonds. The Labute approximate surface area is 155 Å². The van der Waals surface area contributed by atoms with Crippen LogP contribution in [0.15, 0.2) is 42.6 Å². The first-order valence-corrected chi connectivity index (χ1v) is 9.43. The number of benzene rings is 1. The Kier molecular flexibility index (Phi) is 5.40. The molecule has 0 fully saturated rings. The van der Waals surface area contributed by atoms with Crippen LogP contribution in [-0.2, 0) is 6.42 Å². The largest absolute Gasteiger partial charge is 0.320 e. The summed E-state index contributed by atoms with van der Waals surface area (Å²) in [6, 6.07) is 12.1. The summed E-state index contributed by atoms with van der Waals surface area (Å²) in [4.78, 5) is 17.9. The number of para-hydroxylation sites is 1. The van der Waals surface area contributed by atoms with Gasteiger partial charge in [0.25, 0.3) is 5.91 Å². The van der Waals surface area contributed by atoms with E-state index in [1.165, 1.54) is 5.56 Å². The van der Waals surface area contributed by atoms with E-state index in [0.717, 1.165) is 41.9 Å². The smallest absolute Gasteiger partial charge is 0.274 e. The van der Waals surface area contributed by atoms with Crippen LogP contribution in [0.25, 0.3) is 5.65 Å². The topological polar surface area (TPSA) is 46.4 Å². The second-order valence-corrected chi connectivity index (χ2v) is 6.89. The standard InChI is InChI=1S/C22H27N3O/c1-5-10-19-20(25-14-9-11-16(4)21(25)23-19)22(26)24-18-13-8-7-12-17(18)15(3)6-2/h7-9,11-15H,5-6,10H2,1-4H3,(H,24,26). The fourth-order valence-electron chi connectivity index (χ4n) is 3.34.